The second-order valence-corrected chi connectivity index (χ2v) is 8.37. The molecule has 30 heavy (non-hydrogen) atoms. The van der Waals surface area contributed by atoms with Crippen LogP contribution in [0.15, 0.2) is 30.4 Å². The molecule has 3 amide bonds. The van der Waals surface area contributed by atoms with Gasteiger partial charge in [-0.15, -0.1) is 0 Å². The molecule has 0 saturated carbocycles. The summed E-state index contributed by atoms with van der Waals surface area (Å²) in [4.78, 5) is 40.4. The van der Waals surface area contributed by atoms with Crippen molar-refractivity contribution < 1.29 is 27.6 Å². The molecule has 2 saturated heterocycles. The fraction of sp³-hybridized carbons (Fsp3) is 0.476. The van der Waals surface area contributed by atoms with E-state index in [9.17, 15) is 27.6 Å². The average molecular weight is 441 g/mol. The van der Waals surface area contributed by atoms with Gasteiger partial charge in [0.15, 0.2) is 0 Å². The van der Waals surface area contributed by atoms with Crippen molar-refractivity contribution in [3.8, 4) is 0 Å². The highest BCUT2D eigenvalue weighted by Crippen LogP contribution is 2.38. The van der Waals surface area contributed by atoms with Gasteiger partial charge in [-0.05, 0) is 37.0 Å². The molecule has 2 heterocycles. The van der Waals surface area contributed by atoms with Gasteiger partial charge in [0.05, 0.1) is 28.5 Å². The maximum atomic E-state index is 13.0. The van der Waals surface area contributed by atoms with Crippen LogP contribution in [0.4, 0.5) is 13.2 Å². The summed E-state index contributed by atoms with van der Waals surface area (Å²) in [6.07, 6.45) is 0.634. The molecule has 9 heteroatoms. The third kappa shape index (κ3) is 3.73. The maximum Gasteiger partial charge on any atom is 0.417 e. The van der Waals surface area contributed by atoms with E-state index in [4.69, 9.17) is 11.6 Å². The number of carbonyl (C=O) groups is 3. The van der Waals surface area contributed by atoms with Crippen LogP contribution < -0.4 is 0 Å². The van der Waals surface area contributed by atoms with E-state index in [-0.39, 0.29) is 66.6 Å². The monoisotopic (exact) mass is 440 g/mol. The highest BCUT2D eigenvalue weighted by Gasteiger charge is 2.52. The molecule has 0 bridgehead atoms. The molecule has 3 aliphatic rings. The van der Waals surface area contributed by atoms with E-state index in [2.05, 4.69) is 0 Å². The number of hydrogen-bond donors (Lipinski definition) is 0. The first kappa shape index (κ1) is 20.9. The van der Waals surface area contributed by atoms with Gasteiger partial charge in [0.1, 0.15) is 0 Å². The molecule has 1 aromatic rings. The van der Waals surface area contributed by atoms with Crippen LogP contribution in [0, 0.1) is 11.8 Å². The fourth-order valence-corrected chi connectivity index (χ4v) is 4.59. The molecular weight excluding hydrogens is 421 g/mol. The van der Waals surface area contributed by atoms with Crippen molar-refractivity contribution in [2.24, 2.45) is 11.8 Å². The Hall–Kier alpha value is -2.35. The van der Waals surface area contributed by atoms with E-state index in [1.165, 1.54) is 21.9 Å². The summed E-state index contributed by atoms with van der Waals surface area (Å²) in [7, 11) is 0. The lowest BCUT2D eigenvalue weighted by atomic mass is 9.85. The van der Waals surface area contributed by atoms with Gasteiger partial charge < -0.3 is 4.90 Å². The largest absolute Gasteiger partial charge is 0.417 e. The third-order valence-corrected chi connectivity index (χ3v) is 6.42. The third-order valence-electron chi connectivity index (χ3n) is 6.09. The Morgan fingerprint density at radius 2 is 1.67 bits per heavy atom. The number of hydrogen-bond acceptors (Lipinski definition) is 3. The van der Waals surface area contributed by atoms with Crippen LogP contribution in [0.3, 0.4) is 0 Å². The number of likely N-dealkylation sites (tertiary alicyclic amines) is 2. The van der Waals surface area contributed by atoms with E-state index in [1.54, 1.807) is 0 Å². The normalized spacial score (nSPS) is 24.3. The molecule has 1 aromatic carbocycles. The quantitative estimate of drug-likeness (QED) is 0.532. The van der Waals surface area contributed by atoms with Crippen molar-refractivity contribution in [3.63, 3.8) is 0 Å². The number of imide groups is 1. The summed E-state index contributed by atoms with van der Waals surface area (Å²) in [6.45, 7) is 0.551. The van der Waals surface area contributed by atoms with Crippen molar-refractivity contribution in [2.45, 2.75) is 37.9 Å². The van der Waals surface area contributed by atoms with Gasteiger partial charge in [0.25, 0.3) is 0 Å². The molecule has 0 spiro atoms. The van der Waals surface area contributed by atoms with E-state index >= 15 is 0 Å². The van der Waals surface area contributed by atoms with E-state index in [0.717, 1.165) is 6.07 Å². The molecule has 2 unspecified atom stereocenters. The molecule has 0 N–H and O–H groups in total. The molecule has 2 aliphatic heterocycles. The van der Waals surface area contributed by atoms with Gasteiger partial charge in [0, 0.05) is 19.5 Å². The lowest BCUT2D eigenvalue weighted by Crippen LogP contribution is -2.62. The van der Waals surface area contributed by atoms with Crippen LogP contribution in [0.2, 0.25) is 5.02 Å². The molecule has 160 valence electrons. The van der Waals surface area contributed by atoms with Gasteiger partial charge >= 0.3 is 6.18 Å². The summed E-state index contributed by atoms with van der Waals surface area (Å²) >= 11 is 5.61. The van der Waals surface area contributed by atoms with Crippen LogP contribution in [-0.4, -0.2) is 46.7 Å². The van der Waals surface area contributed by atoms with Crippen LogP contribution >= 0.6 is 11.6 Å². The first-order chi connectivity index (χ1) is 14.2. The highest BCUT2D eigenvalue weighted by molar-refractivity contribution is 6.31. The Morgan fingerprint density at radius 1 is 1.07 bits per heavy atom. The van der Waals surface area contributed by atoms with Gasteiger partial charge in [-0.3, -0.25) is 19.3 Å². The number of allylic oxidation sites excluding steroid dienone is 2. The summed E-state index contributed by atoms with van der Waals surface area (Å²) in [5.74, 6) is -1.12. The van der Waals surface area contributed by atoms with Crippen molar-refractivity contribution >= 4 is 29.3 Å². The van der Waals surface area contributed by atoms with E-state index < -0.39 is 11.7 Å². The van der Waals surface area contributed by atoms with Crippen molar-refractivity contribution in [3.05, 3.63) is 46.5 Å². The van der Waals surface area contributed by atoms with Crippen LogP contribution in [-0.2, 0) is 27.0 Å². The van der Waals surface area contributed by atoms with Crippen LogP contribution in [0.5, 0.6) is 0 Å². The summed E-state index contributed by atoms with van der Waals surface area (Å²) in [6, 6.07) is 3.31. The molecule has 0 radical (unpaired) electrons. The zero-order valence-electron chi connectivity index (χ0n) is 16.0. The smallest absolute Gasteiger partial charge is 0.338 e. The van der Waals surface area contributed by atoms with Crippen LogP contribution in [0.1, 0.15) is 30.4 Å². The summed E-state index contributed by atoms with van der Waals surface area (Å²) in [5, 5.41) is -0.376. The van der Waals surface area contributed by atoms with Crippen molar-refractivity contribution in [1.29, 1.82) is 0 Å². The van der Waals surface area contributed by atoms with Crippen molar-refractivity contribution in [1.82, 2.24) is 9.80 Å². The number of aryl methyl sites for hydroxylation is 1. The zero-order valence-corrected chi connectivity index (χ0v) is 16.7. The molecule has 1 aliphatic carbocycles. The number of fused-ring (bicyclic) bond motifs is 1. The minimum atomic E-state index is -4.55. The fourth-order valence-electron chi connectivity index (χ4n) is 4.36. The number of halogens is 4. The molecule has 2 atom stereocenters. The van der Waals surface area contributed by atoms with Gasteiger partial charge in [-0.25, -0.2) is 0 Å². The predicted octanol–water partition coefficient (Wildman–Crippen LogP) is 3.45. The molecule has 0 aromatic heterocycles. The standard InChI is InChI=1S/C21H20ClF3N2O3/c22-17-7-5-12(9-16(17)21(23,24)25)6-8-18(28)26-10-13(11-26)27-19(29)14-3-1-2-4-15(14)20(27)30/h1-2,5,7,9,13-15H,3-4,6,8,10-11H2. The average Bonchev–Trinajstić information content (AvgIpc) is 2.91. The zero-order chi connectivity index (χ0) is 21.6. The van der Waals surface area contributed by atoms with Crippen LogP contribution in [0.25, 0.3) is 0 Å². The van der Waals surface area contributed by atoms with E-state index in [0.29, 0.717) is 18.4 Å². The first-order valence-corrected chi connectivity index (χ1v) is 10.2. The number of benzene rings is 1. The Balaban J connectivity index is 1.31. The highest BCUT2D eigenvalue weighted by atomic mass is 35.5. The minimum Gasteiger partial charge on any atom is -0.338 e. The second-order valence-electron chi connectivity index (χ2n) is 7.97. The number of rotatable bonds is 4. The number of amides is 3. The molecule has 5 nitrogen and oxygen atoms in total. The lowest BCUT2D eigenvalue weighted by Gasteiger charge is -2.43. The maximum absolute atomic E-state index is 13.0. The Bertz CT molecular complexity index is 899. The number of carbonyl (C=O) groups excluding carboxylic acids is 3. The first-order valence-electron chi connectivity index (χ1n) is 9.82. The number of nitrogens with zero attached hydrogens (tertiary/aromatic N) is 2. The van der Waals surface area contributed by atoms with Gasteiger partial charge in [-0.1, -0.05) is 29.8 Å². The second kappa shape index (κ2) is 7.72. The Morgan fingerprint density at radius 3 is 2.23 bits per heavy atom. The molecule has 4 rings (SSSR count). The SMILES string of the molecule is O=C(CCc1ccc(Cl)c(C(F)(F)F)c1)N1CC(N2C(=O)C3CC=CCC3C2=O)C1. The Kier molecular flexibility index (Phi) is 5.38. The van der Waals surface area contributed by atoms with E-state index in [1.807, 2.05) is 12.2 Å². The summed E-state index contributed by atoms with van der Waals surface area (Å²) in [5.41, 5.74) is -0.543. The van der Waals surface area contributed by atoms with Gasteiger partial charge in [0.2, 0.25) is 17.7 Å². The molecular formula is C21H20ClF3N2O3. The topological polar surface area (TPSA) is 57.7 Å². The van der Waals surface area contributed by atoms with Gasteiger partial charge in [-0.2, -0.15) is 13.2 Å². The van der Waals surface area contributed by atoms with Crippen molar-refractivity contribution in [2.75, 3.05) is 13.1 Å². The predicted molar refractivity (Wildman–Crippen MR) is 102 cm³/mol. The Labute approximate surface area is 176 Å². The summed E-state index contributed by atoms with van der Waals surface area (Å²) < 4.78 is 38.9. The minimum absolute atomic E-state index is 0.0444. The number of alkyl halides is 3. The lowest BCUT2D eigenvalue weighted by molar-refractivity contribution is -0.152. The molecule has 2 fully saturated rings.